The minimum atomic E-state index is -0.294. The Hall–Kier alpha value is -0.600. The molecular weight excluding hydrogens is 213 g/mol. The molecule has 0 radical (unpaired) electrons. The fourth-order valence-electron chi connectivity index (χ4n) is 2.19. The molecule has 2 atom stereocenters. The van der Waals surface area contributed by atoms with Crippen molar-refractivity contribution in [3.8, 4) is 0 Å². The molecule has 1 aromatic carbocycles. The first-order chi connectivity index (χ1) is 7.05. The van der Waals surface area contributed by atoms with Crippen LogP contribution in [0.1, 0.15) is 25.3 Å². The van der Waals surface area contributed by atoms with Gasteiger partial charge in [0.05, 0.1) is 0 Å². The van der Waals surface area contributed by atoms with E-state index in [1.54, 1.807) is 6.07 Å². The lowest BCUT2D eigenvalue weighted by Crippen LogP contribution is -2.27. The second-order valence-electron chi connectivity index (χ2n) is 4.45. The van der Waals surface area contributed by atoms with E-state index in [0.717, 1.165) is 24.8 Å². The maximum absolute atomic E-state index is 12.8. The van der Waals surface area contributed by atoms with Crippen LogP contribution in [0, 0.1) is 11.7 Å². The van der Waals surface area contributed by atoms with Crippen LogP contribution >= 0.6 is 11.6 Å². The molecule has 1 saturated carbocycles. The summed E-state index contributed by atoms with van der Waals surface area (Å²) in [5.41, 5.74) is 7.04. The summed E-state index contributed by atoms with van der Waals surface area (Å²) in [6.45, 7) is 2.14. The molecule has 1 nitrogen and oxygen atoms in total. The molecule has 2 N–H and O–H groups in total. The van der Waals surface area contributed by atoms with E-state index in [4.69, 9.17) is 17.3 Å². The summed E-state index contributed by atoms with van der Waals surface area (Å²) in [5.74, 6) is 0.302. The van der Waals surface area contributed by atoms with Gasteiger partial charge in [0.1, 0.15) is 5.82 Å². The van der Waals surface area contributed by atoms with E-state index < -0.39 is 0 Å². The van der Waals surface area contributed by atoms with Gasteiger partial charge in [0.15, 0.2) is 0 Å². The fourth-order valence-corrected chi connectivity index (χ4v) is 2.42. The Morgan fingerprint density at radius 3 is 2.87 bits per heavy atom. The highest BCUT2D eigenvalue weighted by Crippen LogP contribution is 2.46. The molecule has 1 aromatic rings. The lowest BCUT2D eigenvalue weighted by molar-refractivity contribution is 0.577. The predicted octanol–water partition coefficient (Wildman–Crippen LogP) is 3.15. The van der Waals surface area contributed by atoms with Crippen LogP contribution in [-0.2, 0) is 6.42 Å². The van der Waals surface area contributed by atoms with Crippen molar-refractivity contribution in [2.45, 2.75) is 31.7 Å². The molecule has 1 aliphatic carbocycles. The number of halogens is 2. The van der Waals surface area contributed by atoms with Gasteiger partial charge in [-0.3, -0.25) is 0 Å². The lowest BCUT2D eigenvalue weighted by Gasteiger charge is -2.12. The van der Waals surface area contributed by atoms with Crippen molar-refractivity contribution < 1.29 is 4.39 Å². The second-order valence-corrected chi connectivity index (χ2v) is 4.86. The van der Waals surface area contributed by atoms with E-state index in [0.29, 0.717) is 10.9 Å². The highest BCUT2D eigenvalue weighted by atomic mass is 35.5. The van der Waals surface area contributed by atoms with Gasteiger partial charge in [-0.25, -0.2) is 4.39 Å². The zero-order valence-electron chi connectivity index (χ0n) is 8.76. The van der Waals surface area contributed by atoms with Gasteiger partial charge in [-0.15, -0.1) is 0 Å². The van der Waals surface area contributed by atoms with Gasteiger partial charge in [0, 0.05) is 10.6 Å². The summed E-state index contributed by atoms with van der Waals surface area (Å²) in [6.07, 6.45) is 2.91. The van der Waals surface area contributed by atoms with Crippen LogP contribution < -0.4 is 5.73 Å². The molecule has 0 aliphatic heterocycles. The molecule has 0 heterocycles. The third-order valence-corrected chi connectivity index (χ3v) is 3.66. The van der Waals surface area contributed by atoms with E-state index in [-0.39, 0.29) is 11.4 Å². The Morgan fingerprint density at radius 2 is 2.33 bits per heavy atom. The normalized spacial score (nSPS) is 29.2. The van der Waals surface area contributed by atoms with Crippen LogP contribution in [0.15, 0.2) is 18.2 Å². The number of nitrogens with two attached hydrogens (primary N) is 1. The molecule has 0 bridgehead atoms. The average Bonchev–Trinajstić information content (AvgIpc) is 2.82. The monoisotopic (exact) mass is 227 g/mol. The number of hydrogen-bond acceptors (Lipinski definition) is 1. The Morgan fingerprint density at radius 1 is 1.60 bits per heavy atom. The minimum Gasteiger partial charge on any atom is -0.325 e. The van der Waals surface area contributed by atoms with Crippen LogP contribution in [0.3, 0.4) is 0 Å². The van der Waals surface area contributed by atoms with Crippen molar-refractivity contribution in [3.63, 3.8) is 0 Å². The number of rotatable bonds is 3. The highest BCUT2D eigenvalue weighted by molar-refractivity contribution is 6.31. The van der Waals surface area contributed by atoms with Crippen molar-refractivity contribution in [1.29, 1.82) is 0 Å². The highest BCUT2D eigenvalue weighted by Gasteiger charge is 2.49. The zero-order valence-corrected chi connectivity index (χ0v) is 9.52. The van der Waals surface area contributed by atoms with Crippen LogP contribution in [0.4, 0.5) is 4.39 Å². The molecule has 0 spiro atoms. The van der Waals surface area contributed by atoms with Crippen LogP contribution in [0.5, 0.6) is 0 Å². The molecule has 1 aliphatic rings. The van der Waals surface area contributed by atoms with Crippen molar-refractivity contribution in [1.82, 2.24) is 0 Å². The van der Waals surface area contributed by atoms with Gasteiger partial charge in [0.2, 0.25) is 0 Å². The third-order valence-electron chi connectivity index (χ3n) is 3.31. The second kappa shape index (κ2) is 3.76. The van der Waals surface area contributed by atoms with Crippen molar-refractivity contribution >= 4 is 11.6 Å². The van der Waals surface area contributed by atoms with Crippen LogP contribution in [0.2, 0.25) is 5.02 Å². The van der Waals surface area contributed by atoms with E-state index in [1.807, 2.05) is 0 Å². The number of hydrogen-bond donors (Lipinski definition) is 1. The first-order valence-electron chi connectivity index (χ1n) is 5.28. The lowest BCUT2D eigenvalue weighted by atomic mass is 10.0. The quantitative estimate of drug-likeness (QED) is 0.844. The van der Waals surface area contributed by atoms with Crippen molar-refractivity contribution in [2.75, 3.05) is 0 Å². The van der Waals surface area contributed by atoms with Crippen molar-refractivity contribution in [3.05, 3.63) is 34.6 Å². The molecular formula is C12H15ClFN. The largest absolute Gasteiger partial charge is 0.325 e. The molecule has 0 saturated heterocycles. The zero-order chi connectivity index (χ0) is 11.1. The number of benzene rings is 1. The summed E-state index contributed by atoms with van der Waals surface area (Å²) in [4.78, 5) is 0. The maximum atomic E-state index is 12.8. The molecule has 15 heavy (non-hydrogen) atoms. The molecule has 2 unspecified atom stereocenters. The first-order valence-corrected chi connectivity index (χ1v) is 5.66. The standard InChI is InChI=1S/C12H15ClFN/c1-2-9-7-12(9,15)6-8-3-4-10(14)5-11(8)13/h3-5,9H,2,6-7,15H2,1H3. The first kappa shape index (κ1) is 10.9. The molecule has 0 amide bonds. The molecule has 1 fully saturated rings. The Kier molecular flexibility index (Phi) is 2.73. The van der Waals surface area contributed by atoms with E-state index in [9.17, 15) is 4.39 Å². The van der Waals surface area contributed by atoms with Gasteiger partial charge in [0.25, 0.3) is 0 Å². The van der Waals surface area contributed by atoms with Crippen LogP contribution in [-0.4, -0.2) is 5.54 Å². The minimum absolute atomic E-state index is 0.101. The van der Waals surface area contributed by atoms with Gasteiger partial charge < -0.3 is 5.73 Å². The summed E-state index contributed by atoms with van der Waals surface area (Å²) in [7, 11) is 0. The summed E-state index contributed by atoms with van der Waals surface area (Å²) < 4.78 is 12.8. The topological polar surface area (TPSA) is 26.0 Å². The van der Waals surface area contributed by atoms with Gasteiger partial charge in [-0.2, -0.15) is 0 Å². The van der Waals surface area contributed by atoms with E-state index in [1.165, 1.54) is 12.1 Å². The molecule has 2 rings (SSSR count). The summed E-state index contributed by atoms with van der Waals surface area (Å²) >= 11 is 5.96. The van der Waals surface area contributed by atoms with Gasteiger partial charge in [-0.05, 0) is 36.5 Å². The Bertz CT molecular complexity index is 380. The van der Waals surface area contributed by atoms with E-state index >= 15 is 0 Å². The SMILES string of the molecule is CCC1CC1(N)Cc1ccc(F)cc1Cl. The third kappa shape index (κ3) is 2.16. The molecule has 82 valence electrons. The van der Waals surface area contributed by atoms with E-state index in [2.05, 4.69) is 6.92 Å². The Labute approximate surface area is 94.4 Å². The molecule has 0 aromatic heterocycles. The average molecular weight is 228 g/mol. The van der Waals surface area contributed by atoms with Crippen molar-refractivity contribution in [2.24, 2.45) is 11.7 Å². The summed E-state index contributed by atoms with van der Waals surface area (Å²) in [6, 6.07) is 4.52. The van der Waals surface area contributed by atoms with Gasteiger partial charge >= 0.3 is 0 Å². The fraction of sp³-hybridized carbons (Fsp3) is 0.500. The van der Waals surface area contributed by atoms with Gasteiger partial charge in [-0.1, -0.05) is 31.0 Å². The molecule has 3 heteroatoms. The maximum Gasteiger partial charge on any atom is 0.124 e. The smallest absolute Gasteiger partial charge is 0.124 e. The predicted molar refractivity (Wildman–Crippen MR) is 60.4 cm³/mol. The van der Waals surface area contributed by atoms with Crippen LogP contribution in [0.25, 0.3) is 0 Å². The Balaban J connectivity index is 2.12. The summed E-state index contributed by atoms with van der Waals surface area (Å²) in [5, 5.41) is 0.488.